The highest BCUT2D eigenvalue weighted by Crippen LogP contribution is 2.29. The van der Waals surface area contributed by atoms with Gasteiger partial charge in [-0.2, -0.15) is 4.31 Å². The van der Waals surface area contributed by atoms with E-state index in [4.69, 9.17) is 15.2 Å². The Morgan fingerprint density at radius 3 is 2.38 bits per heavy atom. The van der Waals surface area contributed by atoms with E-state index in [1.165, 1.54) is 42.5 Å². The molecule has 2 aromatic rings. The summed E-state index contributed by atoms with van der Waals surface area (Å²) in [5.74, 6) is -1.61. The SMILES string of the molecule is Cc1cn(COC(=O)C(C)(C)COCC(CO[N+](=O)[O-])CO[N+](=O)[O-])c(=O)c2cccc(S(=O)(=O)N3CC[C@H](N)C3)c12. The van der Waals surface area contributed by atoms with Gasteiger partial charge < -0.3 is 24.9 Å². The third-order valence-corrected chi connectivity index (χ3v) is 8.51. The first-order valence-electron chi connectivity index (χ1n) is 12.8. The molecule has 1 aliphatic rings. The molecular weight excluding hydrogens is 582 g/mol. The van der Waals surface area contributed by atoms with Crippen LogP contribution in [-0.2, 0) is 40.7 Å². The summed E-state index contributed by atoms with van der Waals surface area (Å²) in [7, 11) is -3.90. The third-order valence-electron chi connectivity index (χ3n) is 6.60. The van der Waals surface area contributed by atoms with Crippen LogP contribution in [0.4, 0.5) is 0 Å². The van der Waals surface area contributed by atoms with Crippen LogP contribution >= 0.6 is 0 Å². The summed E-state index contributed by atoms with van der Waals surface area (Å²) < 4.78 is 39.9. The lowest BCUT2D eigenvalue weighted by molar-refractivity contribution is -0.768. The molecule has 1 aliphatic heterocycles. The van der Waals surface area contributed by atoms with Crippen molar-refractivity contribution in [2.75, 3.05) is 39.5 Å². The van der Waals surface area contributed by atoms with Crippen molar-refractivity contribution in [1.82, 2.24) is 8.87 Å². The van der Waals surface area contributed by atoms with Gasteiger partial charge in [-0.15, -0.1) is 20.2 Å². The lowest BCUT2D eigenvalue weighted by Crippen LogP contribution is -2.35. The fourth-order valence-corrected chi connectivity index (χ4v) is 6.18. The highest BCUT2D eigenvalue weighted by molar-refractivity contribution is 7.89. The molecule has 1 fully saturated rings. The quantitative estimate of drug-likeness (QED) is 0.165. The number of hydrogen-bond donors (Lipinski definition) is 1. The van der Waals surface area contributed by atoms with E-state index in [9.17, 15) is 38.2 Å². The molecule has 1 atom stereocenters. The van der Waals surface area contributed by atoms with E-state index < -0.39 is 63.0 Å². The molecule has 2 heterocycles. The molecule has 3 rings (SSSR count). The number of rotatable bonds is 15. The van der Waals surface area contributed by atoms with Gasteiger partial charge in [-0.3, -0.25) is 14.2 Å². The molecule has 17 nitrogen and oxygen atoms in total. The number of hydrogen-bond acceptors (Lipinski definition) is 13. The standard InChI is InChI=1S/C24H33N5O12S/c1-16-9-26(22(30)19-5-4-6-20(21(16)19)42(36,37)27-8-7-18(25)10-27)15-39-23(31)24(2,3)14-38-11-17(12-40-28(32)33)13-41-29(34)35/h4-6,9,17-18H,7-8,10-15,25H2,1-3H3/t18-/m0/s1. The highest BCUT2D eigenvalue weighted by atomic mass is 32.2. The summed E-state index contributed by atoms with van der Waals surface area (Å²) in [5, 5.41) is 19.2. The van der Waals surface area contributed by atoms with E-state index in [0.717, 1.165) is 4.57 Å². The Morgan fingerprint density at radius 1 is 1.17 bits per heavy atom. The first kappa shape index (κ1) is 32.6. The van der Waals surface area contributed by atoms with Gasteiger partial charge in [0.1, 0.15) is 13.2 Å². The molecule has 18 heteroatoms. The predicted octanol–water partition coefficient (Wildman–Crippen LogP) is 0.608. The second-order valence-electron chi connectivity index (χ2n) is 10.5. The van der Waals surface area contributed by atoms with Crippen LogP contribution in [0.1, 0.15) is 25.8 Å². The molecule has 0 bridgehead atoms. The van der Waals surface area contributed by atoms with Crippen LogP contribution in [-0.4, -0.2) is 79.0 Å². The number of aryl methyl sites for hydroxylation is 1. The maximum atomic E-state index is 13.3. The van der Waals surface area contributed by atoms with Gasteiger partial charge >= 0.3 is 5.97 Å². The zero-order chi connectivity index (χ0) is 31.2. The molecule has 2 N–H and O–H groups in total. The molecule has 1 saturated heterocycles. The van der Waals surface area contributed by atoms with Crippen molar-refractivity contribution in [3.05, 3.63) is 60.5 Å². The first-order valence-corrected chi connectivity index (χ1v) is 14.3. The Balaban J connectivity index is 1.69. The lowest BCUT2D eigenvalue weighted by Gasteiger charge is -2.24. The minimum absolute atomic E-state index is 0.00310. The fourth-order valence-electron chi connectivity index (χ4n) is 4.39. The molecular formula is C24H33N5O12S. The molecule has 0 radical (unpaired) electrons. The van der Waals surface area contributed by atoms with Gasteiger partial charge in [-0.25, -0.2) is 8.42 Å². The molecule has 0 saturated carbocycles. The zero-order valence-corrected chi connectivity index (χ0v) is 24.1. The van der Waals surface area contributed by atoms with Crippen molar-refractivity contribution >= 4 is 26.8 Å². The summed E-state index contributed by atoms with van der Waals surface area (Å²) in [5.41, 5.74) is 4.57. The molecule has 42 heavy (non-hydrogen) atoms. The molecule has 1 aromatic carbocycles. The lowest BCUT2D eigenvalue weighted by atomic mass is 9.95. The summed E-state index contributed by atoms with van der Waals surface area (Å²) in [6, 6.07) is 4.16. The maximum absolute atomic E-state index is 13.3. The van der Waals surface area contributed by atoms with Crippen molar-refractivity contribution in [1.29, 1.82) is 0 Å². The minimum atomic E-state index is -3.90. The number of aromatic nitrogens is 1. The molecule has 0 spiro atoms. The Bertz CT molecular complexity index is 1470. The fraction of sp³-hybridized carbons (Fsp3) is 0.583. The van der Waals surface area contributed by atoms with Crippen LogP contribution in [0.15, 0.2) is 34.1 Å². The number of carbonyl (C=O) groups is 1. The molecule has 0 aliphatic carbocycles. The van der Waals surface area contributed by atoms with E-state index in [-0.39, 0.29) is 48.0 Å². The van der Waals surface area contributed by atoms with Gasteiger partial charge in [0.05, 0.1) is 23.5 Å². The van der Waals surface area contributed by atoms with Crippen molar-refractivity contribution < 1.29 is 42.5 Å². The summed E-state index contributed by atoms with van der Waals surface area (Å²) in [6.07, 6.45) is 1.95. The molecule has 232 valence electrons. The predicted molar refractivity (Wildman–Crippen MR) is 144 cm³/mol. The Kier molecular flexibility index (Phi) is 10.4. The molecule has 0 unspecified atom stereocenters. The van der Waals surface area contributed by atoms with Crippen LogP contribution < -0.4 is 11.3 Å². The van der Waals surface area contributed by atoms with E-state index >= 15 is 0 Å². The molecule has 0 amide bonds. The average molecular weight is 616 g/mol. The number of benzene rings is 1. The van der Waals surface area contributed by atoms with E-state index in [1.807, 2.05) is 0 Å². The smallest absolute Gasteiger partial charge is 0.315 e. The monoisotopic (exact) mass is 615 g/mol. The highest BCUT2D eigenvalue weighted by Gasteiger charge is 2.33. The van der Waals surface area contributed by atoms with E-state index in [1.54, 1.807) is 6.92 Å². The normalized spacial score (nSPS) is 16.1. The van der Waals surface area contributed by atoms with Gasteiger partial charge in [-0.1, -0.05) is 6.07 Å². The van der Waals surface area contributed by atoms with Crippen LogP contribution in [0.25, 0.3) is 10.8 Å². The number of esters is 1. The Labute approximate surface area is 240 Å². The summed E-state index contributed by atoms with van der Waals surface area (Å²) in [4.78, 5) is 55.4. The van der Waals surface area contributed by atoms with Gasteiger partial charge in [0, 0.05) is 42.0 Å². The maximum Gasteiger partial charge on any atom is 0.315 e. The van der Waals surface area contributed by atoms with Crippen molar-refractivity contribution in [2.45, 2.75) is 44.9 Å². The van der Waals surface area contributed by atoms with Crippen LogP contribution in [0, 0.1) is 38.5 Å². The van der Waals surface area contributed by atoms with E-state index in [2.05, 4.69) is 9.68 Å². The second-order valence-corrected chi connectivity index (χ2v) is 12.4. The minimum Gasteiger partial charge on any atom is -0.443 e. The average Bonchev–Trinajstić information content (AvgIpc) is 3.37. The van der Waals surface area contributed by atoms with Crippen LogP contribution in [0.3, 0.4) is 0 Å². The number of nitrogens with zero attached hydrogens (tertiary/aromatic N) is 4. The number of nitrogens with two attached hydrogens (primary N) is 1. The topological polar surface area (TPSA) is 226 Å². The Morgan fingerprint density at radius 2 is 1.81 bits per heavy atom. The largest absolute Gasteiger partial charge is 0.443 e. The third kappa shape index (κ3) is 7.90. The number of fused-ring (bicyclic) bond motifs is 1. The van der Waals surface area contributed by atoms with Crippen molar-refractivity contribution in [3.8, 4) is 0 Å². The first-order chi connectivity index (χ1) is 19.6. The van der Waals surface area contributed by atoms with Gasteiger partial charge in [0.25, 0.3) is 15.7 Å². The second kappa shape index (κ2) is 13.4. The number of sulfonamides is 1. The van der Waals surface area contributed by atoms with Crippen molar-refractivity contribution in [3.63, 3.8) is 0 Å². The van der Waals surface area contributed by atoms with Gasteiger partial charge in [0.2, 0.25) is 10.0 Å². The number of carbonyl (C=O) groups excluding carboxylic acids is 1. The molecule has 1 aromatic heterocycles. The van der Waals surface area contributed by atoms with Gasteiger partial charge in [-0.05, 0) is 44.9 Å². The van der Waals surface area contributed by atoms with Crippen LogP contribution in [0.2, 0.25) is 0 Å². The van der Waals surface area contributed by atoms with E-state index in [0.29, 0.717) is 12.0 Å². The zero-order valence-electron chi connectivity index (χ0n) is 23.3. The summed E-state index contributed by atoms with van der Waals surface area (Å²) >= 11 is 0. The number of pyridine rings is 1. The van der Waals surface area contributed by atoms with Crippen molar-refractivity contribution in [2.24, 2.45) is 17.1 Å². The summed E-state index contributed by atoms with van der Waals surface area (Å²) in [6.45, 7) is 3.12. The number of ether oxygens (including phenoxy) is 2. The van der Waals surface area contributed by atoms with Crippen LogP contribution in [0.5, 0.6) is 0 Å². The van der Waals surface area contributed by atoms with Gasteiger partial charge in [0.15, 0.2) is 6.73 Å². The Hall–Kier alpha value is -3.87.